The average Bonchev–Trinajstić information content (AvgIpc) is 3.23. The van der Waals surface area contributed by atoms with Crippen molar-refractivity contribution in [3.05, 3.63) is 83.1 Å². The maximum atomic E-state index is 13.6. The number of rotatable bonds is 8. The van der Waals surface area contributed by atoms with Gasteiger partial charge in [-0.1, -0.05) is 22.9 Å². The molecule has 1 heterocycles. The largest absolute Gasteiger partial charge is 0.494 e. The fourth-order valence-corrected chi connectivity index (χ4v) is 3.97. The molecule has 0 saturated carbocycles. The van der Waals surface area contributed by atoms with Crippen molar-refractivity contribution in [3.8, 4) is 11.5 Å². The van der Waals surface area contributed by atoms with Crippen LogP contribution >= 0.6 is 22.9 Å². The van der Waals surface area contributed by atoms with E-state index in [0.29, 0.717) is 32.7 Å². The van der Waals surface area contributed by atoms with Crippen molar-refractivity contribution in [1.82, 2.24) is 4.98 Å². The monoisotopic (exact) mass is 483 g/mol. The number of hydrazone groups is 1. The van der Waals surface area contributed by atoms with Gasteiger partial charge in [0.2, 0.25) is 5.13 Å². The van der Waals surface area contributed by atoms with E-state index in [1.165, 1.54) is 12.1 Å². The standard InChI is InChI=1S/C24H19ClFN3O3S/c1-2-31-19-8-3-16(4-9-19)14-27-29(23(30)15-32-20-10-5-17(25)6-11-20)24-28-21-12-7-18(26)13-22(21)33-24/h3-14H,2,15H2,1H3/b27-14+. The average molecular weight is 484 g/mol. The normalized spacial score (nSPS) is 11.1. The van der Waals surface area contributed by atoms with Crippen LogP contribution in [0.1, 0.15) is 12.5 Å². The van der Waals surface area contributed by atoms with Crippen molar-refractivity contribution in [1.29, 1.82) is 0 Å². The van der Waals surface area contributed by atoms with Crippen LogP contribution in [0.25, 0.3) is 10.2 Å². The van der Waals surface area contributed by atoms with Gasteiger partial charge in [-0.15, -0.1) is 0 Å². The van der Waals surface area contributed by atoms with Crippen molar-refractivity contribution in [2.45, 2.75) is 6.92 Å². The van der Waals surface area contributed by atoms with E-state index in [9.17, 15) is 9.18 Å². The second-order valence-corrected chi connectivity index (χ2v) is 8.25. The SMILES string of the molecule is CCOc1ccc(/C=N/N(C(=O)COc2ccc(Cl)cc2)c2nc3ccc(F)cc3s2)cc1. The van der Waals surface area contributed by atoms with Gasteiger partial charge >= 0.3 is 0 Å². The molecule has 3 aromatic carbocycles. The molecule has 0 saturated heterocycles. The van der Waals surface area contributed by atoms with Crippen LogP contribution in [-0.2, 0) is 4.79 Å². The lowest BCUT2D eigenvalue weighted by atomic mass is 10.2. The van der Waals surface area contributed by atoms with Gasteiger partial charge in [-0.05, 0) is 79.2 Å². The van der Waals surface area contributed by atoms with E-state index in [4.69, 9.17) is 21.1 Å². The lowest BCUT2D eigenvalue weighted by Gasteiger charge is -2.14. The number of fused-ring (bicyclic) bond motifs is 1. The molecule has 0 fully saturated rings. The molecule has 0 aliphatic heterocycles. The molecule has 0 radical (unpaired) electrons. The van der Waals surface area contributed by atoms with Gasteiger partial charge in [-0.3, -0.25) is 4.79 Å². The summed E-state index contributed by atoms with van der Waals surface area (Å²) < 4.78 is 25.3. The molecule has 0 aliphatic rings. The minimum Gasteiger partial charge on any atom is -0.494 e. The van der Waals surface area contributed by atoms with Crippen molar-refractivity contribution >= 4 is 50.4 Å². The number of anilines is 1. The van der Waals surface area contributed by atoms with Crippen molar-refractivity contribution in [3.63, 3.8) is 0 Å². The molecule has 4 rings (SSSR count). The summed E-state index contributed by atoms with van der Waals surface area (Å²) in [6.07, 6.45) is 1.54. The molecule has 0 N–H and O–H groups in total. The van der Waals surface area contributed by atoms with Crippen LogP contribution in [0.4, 0.5) is 9.52 Å². The Balaban J connectivity index is 1.58. The summed E-state index contributed by atoms with van der Waals surface area (Å²) in [5.41, 5.74) is 1.34. The number of nitrogens with zero attached hydrogens (tertiary/aromatic N) is 3. The Morgan fingerprint density at radius 1 is 1.09 bits per heavy atom. The van der Waals surface area contributed by atoms with Gasteiger partial charge in [0, 0.05) is 5.02 Å². The van der Waals surface area contributed by atoms with Gasteiger partial charge < -0.3 is 9.47 Å². The number of carbonyl (C=O) groups excluding carboxylic acids is 1. The molecular weight excluding hydrogens is 465 g/mol. The van der Waals surface area contributed by atoms with Crippen LogP contribution in [0.3, 0.4) is 0 Å². The number of ether oxygens (including phenoxy) is 2. The van der Waals surface area contributed by atoms with Crippen molar-refractivity contribution in [2.24, 2.45) is 5.10 Å². The second-order valence-electron chi connectivity index (χ2n) is 6.80. The Labute approximate surface area is 198 Å². The molecule has 33 heavy (non-hydrogen) atoms. The quantitative estimate of drug-likeness (QED) is 0.230. The summed E-state index contributed by atoms with van der Waals surface area (Å²) in [4.78, 5) is 17.5. The molecule has 1 amide bonds. The van der Waals surface area contributed by atoms with Crippen LogP contribution in [-0.4, -0.2) is 30.3 Å². The molecule has 0 spiro atoms. The third-order valence-corrected chi connectivity index (χ3v) is 5.69. The molecule has 4 aromatic rings. The smallest absolute Gasteiger partial charge is 0.287 e. The highest BCUT2D eigenvalue weighted by molar-refractivity contribution is 7.22. The van der Waals surface area contributed by atoms with E-state index in [1.54, 1.807) is 36.5 Å². The zero-order chi connectivity index (χ0) is 23.2. The molecule has 0 aliphatic carbocycles. The molecule has 0 unspecified atom stereocenters. The minimum atomic E-state index is -0.438. The molecule has 6 nitrogen and oxygen atoms in total. The fraction of sp³-hybridized carbons (Fsp3) is 0.125. The van der Waals surface area contributed by atoms with Gasteiger partial charge in [0.15, 0.2) is 6.61 Å². The Kier molecular flexibility index (Phi) is 7.16. The first-order chi connectivity index (χ1) is 16.0. The molecule has 1 aromatic heterocycles. The van der Waals surface area contributed by atoms with Gasteiger partial charge in [-0.2, -0.15) is 10.1 Å². The number of carbonyl (C=O) groups is 1. The third kappa shape index (κ3) is 5.85. The summed E-state index contributed by atoms with van der Waals surface area (Å²) in [6, 6.07) is 18.2. The number of hydrogen-bond acceptors (Lipinski definition) is 6. The molecular formula is C24H19ClFN3O3S. The van der Waals surface area contributed by atoms with E-state index in [1.807, 2.05) is 31.2 Å². The molecule has 9 heteroatoms. The zero-order valence-electron chi connectivity index (χ0n) is 17.6. The van der Waals surface area contributed by atoms with Crippen molar-refractivity contribution in [2.75, 3.05) is 18.2 Å². The summed E-state index contributed by atoms with van der Waals surface area (Å²) in [7, 11) is 0. The Bertz CT molecular complexity index is 1280. The predicted octanol–water partition coefficient (Wildman–Crippen LogP) is 5.93. The van der Waals surface area contributed by atoms with Gasteiger partial charge in [0.25, 0.3) is 5.91 Å². The first-order valence-corrected chi connectivity index (χ1v) is 11.3. The Morgan fingerprint density at radius 3 is 2.52 bits per heavy atom. The lowest BCUT2D eigenvalue weighted by Crippen LogP contribution is -2.30. The van der Waals surface area contributed by atoms with E-state index in [2.05, 4.69) is 10.1 Å². The molecule has 0 bridgehead atoms. The summed E-state index contributed by atoms with van der Waals surface area (Å²) in [6.45, 7) is 2.21. The van der Waals surface area contributed by atoms with Crippen LogP contribution in [0.5, 0.6) is 11.5 Å². The van der Waals surface area contributed by atoms with Crippen LogP contribution in [0.2, 0.25) is 5.02 Å². The van der Waals surface area contributed by atoms with Crippen LogP contribution in [0.15, 0.2) is 71.8 Å². The maximum Gasteiger partial charge on any atom is 0.287 e. The van der Waals surface area contributed by atoms with Crippen molar-refractivity contribution < 1.29 is 18.7 Å². The Hall–Kier alpha value is -3.49. The zero-order valence-corrected chi connectivity index (χ0v) is 19.1. The summed E-state index contributed by atoms with van der Waals surface area (Å²) in [5, 5.41) is 6.39. The number of hydrogen-bond donors (Lipinski definition) is 0. The van der Waals surface area contributed by atoms with E-state index in [0.717, 1.165) is 27.7 Å². The summed E-state index contributed by atoms with van der Waals surface area (Å²) >= 11 is 7.05. The van der Waals surface area contributed by atoms with E-state index >= 15 is 0 Å². The maximum absolute atomic E-state index is 13.6. The van der Waals surface area contributed by atoms with E-state index in [-0.39, 0.29) is 12.4 Å². The predicted molar refractivity (Wildman–Crippen MR) is 129 cm³/mol. The van der Waals surface area contributed by atoms with Crippen LogP contribution in [0, 0.1) is 5.82 Å². The van der Waals surface area contributed by atoms with Crippen LogP contribution < -0.4 is 14.5 Å². The third-order valence-electron chi connectivity index (χ3n) is 4.45. The second kappa shape index (κ2) is 10.4. The van der Waals surface area contributed by atoms with E-state index < -0.39 is 5.91 Å². The number of benzene rings is 3. The topological polar surface area (TPSA) is 64.0 Å². The van der Waals surface area contributed by atoms with Gasteiger partial charge in [0.05, 0.1) is 23.0 Å². The first-order valence-electron chi connectivity index (χ1n) is 10.1. The minimum absolute atomic E-state index is 0.271. The van der Waals surface area contributed by atoms with Gasteiger partial charge in [-0.25, -0.2) is 9.37 Å². The molecule has 168 valence electrons. The highest BCUT2D eigenvalue weighted by Gasteiger charge is 2.20. The number of amides is 1. The summed E-state index contributed by atoms with van der Waals surface area (Å²) in [5.74, 6) is 0.424. The lowest BCUT2D eigenvalue weighted by molar-refractivity contribution is -0.120. The highest BCUT2D eigenvalue weighted by Crippen LogP contribution is 2.30. The number of halogens is 2. The molecule has 0 atom stereocenters. The number of thiazole rings is 1. The number of aromatic nitrogens is 1. The Morgan fingerprint density at radius 2 is 1.79 bits per heavy atom. The highest BCUT2D eigenvalue weighted by atomic mass is 35.5. The first kappa shape index (κ1) is 22.7. The van der Waals surface area contributed by atoms with Gasteiger partial charge in [0.1, 0.15) is 17.3 Å². The fourth-order valence-electron chi connectivity index (χ4n) is 2.88.